The van der Waals surface area contributed by atoms with Gasteiger partial charge >= 0.3 is 0 Å². The smallest absolute Gasteiger partial charge is 0.221 e. The van der Waals surface area contributed by atoms with Gasteiger partial charge in [-0.2, -0.15) is 5.11 Å². The van der Waals surface area contributed by atoms with E-state index in [4.69, 9.17) is 4.74 Å². The topological polar surface area (TPSA) is 29.1 Å². The molecule has 0 saturated heterocycles. The van der Waals surface area contributed by atoms with E-state index in [0.717, 1.165) is 5.56 Å². The van der Waals surface area contributed by atoms with Crippen molar-refractivity contribution < 1.29 is 9.84 Å². The molecule has 1 radical (unpaired) electrons. The molecule has 0 fully saturated rings. The van der Waals surface area contributed by atoms with E-state index < -0.39 is 6.79 Å². The average molecular weight is 151 g/mol. The third-order valence-electron chi connectivity index (χ3n) is 1.54. The van der Waals surface area contributed by atoms with Crippen LogP contribution in [0.15, 0.2) is 18.2 Å². The van der Waals surface area contributed by atoms with Gasteiger partial charge in [-0.25, -0.2) is 0 Å². The second-order valence-electron chi connectivity index (χ2n) is 2.53. The summed E-state index contributed by atoms with van der Waals surface area (Å²) in [6.45, 7) is 3.43. The van der Waals surface area contributed by atoms with Gasteiger partial charge in [-0.15, -0.1) is 0 Å². The zero-order valence-corrected chi connectivity index (χ0v) is 6.76. The average Bonchev–Trinajstić information content (AvgIpc) is 1.95. The molecule has 2 nitrogen and oxygen atoms in total. The van der Waals surface area contributed by atoms with E-state index in [1.54, 1.807) is 0 Å². The van der Waals surface area contributed by atoms with Gasteiger partial charge in [0.05, 0.1) is 0 Å². The fourth-order valence-corrected chi connectivity index (χ4v) is 1.02. The van der Waals surface area contributed by atoms with Crippen LogP contribution in [0.3, 0.4) is 0 Å². The highest BCUT2D eigenvalue weighted by molar-refractivity contribution is 5.35. The van der Waals surface area contributed by atoms with Crippen molar-refractivity contribution in [3.05, 3.63) is 29.3 Å². The number of hydrogen-bond acceptors (Lipinski definition) is 1. The molecule has 0 aliphatic rings. The largest absolute Gasteiger partial charge is 0.464 e. The first-order chi connectivity index (χ1) is 5.24. The van der Waals surface area contributed by atoms with Crippen LogP contribution in [0.2, 0.25) is 0 Å². The lowest BCUT2D eigenvalue weighted by Gasteiger charge is -2.04. The Hall–Kier alpha value is -1.02. The van der Waals surface area contributed by atoms with Crippen LogP contribution < -0.4 is 4.74 Å². The van der Waals surface area contributed by atoms with Crippen molar-refractivity contribution in [3.8, 4) is 5.75 Å². The van der Waals surface area contributed by atoms with Crippen molar-refractivity contribution in [2.24, 2.45) is 0 Å². The third kappa shape index (κ3) is 1.95. The molecule has 0 saturated carbocycles. The summed E-state index contributed by atoms with van der Waals surface area (Å²) in [5, 5.41) is 10.1. The molecule has 0 aliphatic carbocycles. The highest BCUT2D eigenvalue weighted by Gasteiger charge is 1.97. The van der Waals surface area contributed by atoms with Gasteiger partial charge in [0.15, 0.2) is 0 Å². The summed E-state index contributed by atoms with van der Waals surface area (Å²) in [6.07, 6.45) is 0. The molecule has 0 atom stereocenters. The van der Waals surface area contributed by atoms with E-state index in [0.29, 0.717) is 5.75 Å². The fraction of sp³-hybridized carbons (Fsp3) is 0.333. The Morgan fingerprint density at radius 1 is 1.36 bits per heavy atom. The monoisotopic (exact) mass is 151 g/mol. The van der Waals surface area contributed by atoms with E-state index in [2.05, 4.69) is 0 Å². The molecule has 2 heteroatoms. The molecule has 0 heterocycles. The minimum atomic E-state index is -0.510. The van der Waals surface area contributed by atoms with E-state index >= 15 is 0 Å². The fourth-order valence-electron chi connectivity index (χ4n) is 1.02. The van der Waals surface area contributed by atoms with E-state index in [1.165, 1.54) is 5.56 Å². The Morgan fingerprint density at radius 3 is 2.64 bits per heavy atom. The lowest BCUT2D eigenvalue weighted by Crippen LogP contribution is -1.95. The van der Waals surface area contributed by atoms with Crippen molar-refractivity contribution in [1.82, 2.24) is 0 Å². The maximum atomic E-state index is 10.1. The molecule has 11 heavy (non-hydrogen) atoms. The Morgan fingerprint density at radius 2 is 2.09 bits per heavy atom. The summed E-state index contributed by atoms with van der Waals surface area (Å²) in [5.74, 6) is 0.686. The second kappa shape index (κ2) is 3.39. The second-order valence-corrected chi connectivity index (χ2v) is 2.53. The van der Waals surface area contributed by atoms with Gasteiger partial charge in [-0.1, -0.05) is 17.7 Å². The first kappa shape index (κ1) is 8.08. The Labute approximate surface area is 66.4 Å². The van der Waals surface area contributed by atoms with Gasteiger partial charge in [0, 0.05) is 0 Å². The summed E-state index contributed by atoms with van der Waals surface area (Å²) < 4.78 is 4.84. The molecular weight excluding hydrogens is 140 g/mol. The lowest BCUT2D eigenvalue weighted by atomic mass is 10.1. The zero-order valence-electron chi connectivity index (χ0n) is 6.76. The van der Waals surface area contributed by atoms with Crippen molar-refractivity contribution in [1.29, 1.82) is 0 Å². The van der Waals surface area contributed by atoms with Crippen molar-refractivity contribution in [2.75, 3.05) is 6.79 Å². The minimum Gasteiger partial charge on any atom is -0.464 e. The lowest BCUT2D eigenvalue weighted by molar-refractivity contribution is 0.0371. The molecule has 0 amide bonds. The predicted octanol–water partition coefficient (Wildman–Crippen LogP) is 2.07. The molecule has 1 aromatic carbocycles. The van der Waals surface area contributed by atoms with Gasteiger partial charge in [0.2, 0.25) is 6.79 Å². The first-order valence-corrected chi connectivity index (χ1v) is 3.52. The van der Waals surface area contributed by atoms with Crippen LogP contribution in [0.25, 0.3) is 0 Å². The minimum absolute atomic E-state index is 0.510. The van der Waals surface area contributed by atoms with Crippen LogP contribution in [0.1, 0.15) is 11.1 Å². The standard InChI is InChI=1S/C9H11O2/c1-7-3-4-9(11-6-10)8(2)5-7/h3-5H,6H2,1-2H3. The van der Waals surface area contributed by atoms with Gasteiger partial charge in [-0.05, 0) is 25.5 Å². The van der Waals surface area contributed by atoms with Gasteiger partial charge in [0.25, 0.3) is 0 Å². The highest BCUT2D eigenvalue weighted by Crippen LogP contribution is 2.17. The van der Waals surface area contributed by atoms with Crippen LogP contribution in [0.4, 0.5) is 0 Å². The van der Waals surface area contributed by atoms with Crippen LogP contribution in [0.5, 0.6) is 5.75 Å². The van der Waals surface area contributed by atoms with E-state index in [1.807, 2.05) is 32.0 Å². The molecule has 0 aromatic heterocycles. The molecule has 0 spiro atoms. The first-order valence-electron chi connectivity index (χ1n) is 3.52. The van der Waals surface area contributed by atoms with Crippen LogP contribution in [0, 0.1) is 13.8 Å². The van der Waals surface area contributed by atoms with E-state index in [-0.39, 0.29) is 0 Å². The third-order valence-corrected chi connectivity index (χ3v) is 1.54. The number of rotatable bonds is 2. The van der Waals surface area contributed by atoms with Gasteiger partial charge < -0.3 is 4.74 Å². The number of benzene rings is 1. The summed E-state index contributed by atoms with van der Waals surface area (Å²) in [4.78, 5) is 0. The van der Waals surface area contributed by atoms with Crippen molar-refractivity contribution in [2.45, 2.75) is 13.8 Å². The van der Waals surface area contributed by atoms with Gasteiger partial charge in [-0.3, -0.25) is 0 Å². The number of aryl methyl sites for hydroxylation is 2. The molecular formula is C9H11O2. The van der Waals surface area contributed by atoms with Crippen molar-refractivity contribution in [3.63, 3.8) is 0 Å². The number of ether oxygens (including phenoxy) is 1. The van der Waals surface area contributed by atoms with Gasteiger partial charge in [0.1, 0.15) is 5.75 Å². The van der Waals surface area contributed by atoms with Crippen molar-refractivity contribution >= 4 is 0 Å². The maximum absolute atomic E-state index is 10.1. The predicted molar refractivity (Wildman–Crippen MR) is 42.1 cm³/mol. The SMILES string of the molecule is Cc1ccc(OC[O])c(C)c1. The summed E-state index contributed by atoms with van der Waals surface area (Å²) in [7, 11) is 0. The maximum Gasteiger partial charge on any atom is 0.221 e. The normalized spacial score (nSPS) is 9.73. The quantitative estimate of drug-likeness (QED) is 0.595. The molecule has 1 aromatic rings. The summed E-state index contributed by atoms with van der Waals surface area (Å²) in [6, 6.07) is 5.74. The Kier molecular flexibility index (Phi) is 2.49. The molecule has 1 rings (SSSR count). The Bertz CT molecular complexity index is 243. The summed E-state index contributed by atoms with van der Waals surface area (Å²) >= 11 is 0. The molecule has 0 aliphatic heterocycles. The Balaban J connectivity index is 2.90. The van der Waals surface area contributed by atoms with E-state index in [9.17, 15) is 5.11 Å². The molecule has 59 valence electrons. The molecule has 0 unspecified atom stereocenters. The van der Waals surface area contributed by atoms with Crippen LogP contribution in [-0.2, 0) is 5.11 Å². The zero-order chi connectivity index (χ0) is 8.27. The molecule has 0 N–H and O–H groups in total. The van der Waals surface area contributed by atoms with Crippen LogP contribution >= 0.6 is 0 Å². The highest BCUT2D eigenvalue weighted by atomic mass is 16.6. The van der Waals surface area contributed by atoms with Crippen LogP contribution in [-0.4, -0.2) is 6.79 Å². The molecule has 0 bridgehead atoms. The summed E-state index contributed by atoms with van der Waals surface area (Å²) in [5.41, 5.74) is 2.20. The number of hydrogen-bond donors (Lipinski definition) is 0.